The number of anilines is 1. The monoisotopic (exact) mass is 364 g/mol. The van der Waals surface area contributed by atoms with Gasteiger partial charge in [0, 0.05) is 17.8 Å². The highest BCUT2D eigenvalue weighted by Crippen LogP contribution is 2.37. The number of carbonyl (C=O) groups is 1. The molecule has 0 spiro atoms. The molecular formula is C18H12N4OS2. The average molecular weight is 364 g/mol. The molecule has 0 saturated carbocycles. The third-order valence-electron chi connectivity index (χ3n) is 3.40. The molecule has 3 aromatic rings. The van der Waals surface area contributed by atoms with Crippen LogP contribution in [0.2, 0.25) is 0 Å². The van der Waals surface area contributed by atoms with Crippen LogP contribution < -0.4 is 4.90 Å². The predicted molar refractivity (Wildman–Crippen MR) is 103 cm³/mol. The van der Waals surface area contributed by atoms with Gasteiger partial charge in [0.1, 0.15) is 0 Å². The van der Waals surface area contributed by atoms with E-state index in [9.17, 15) is 4.79 Å². The Morgan fingerprint density at radius 1 is 1.00 bits per heavy atom. The maximum Gasteiger partial charge on any atom is 0.271 e. The maximum atomic E-state index is 13.0. The first-order valence-electron chi connectivity index (χ1n) is 7.49. The lowest BCUT2D eigenvalue weighted by atomic mass is 10.2. The Hall–Kier alpha value is -2.77. The lowest BCUT2D eigenvalue weighted by Gasteiger charge is -2.14. The van der Waals surface area contributed by atoms with Crippen LogP contribution in [0.15, 0.2) is 76.2 Å². The van der Waals surface area contributed by atoms with Crippen molar-refractivity contribution in [3.8, 4) is 0 Å². The van der Waals surface area contributed by atoms with E-state index in [-0.39, 0.29) is 5.91 Å². The Morgan fingerprint density at radius 3 is 2.56 bits per heavy atom. The number of hydrogen-bond donors (Lipinski definition) is 0. The lowest BCUT2D eigenvalue weighted by Crippen LogP contribution is -2.28. The van der Waals surface area contributed by atoms with Crippen molar-refractivity contribution in [1.82, 2.24) is 9.97 Å². The minimum Gasteiger partial charge on any atom is -0.268 e. The number of thioether (sulfide) groups is 1. The van der Waals surface area contributed by atoms with Crippen LogP contribution in [0.3, 0.4) is 0 Å². The highest BCUT2D eigenvalue weighted by molar-refractivity contribution is 8.19. The number of amides is 1. The van der Waals surface area contributed by atoms with Gasteiger partial charge in [0.25, 0.3) is 5.91 Å². The van der Waals surface area contributed by atoms with Gasteiger partial charge < -0.3 is 0 Å². The molecule has 1 amide bonds. The molecule has 2 aromatic heterocycles. The molecule has 0 atom stereocenters. The summed E-state index contributed by atoms with van der Waals surface area (Å²) in [6, 6.07) is 15.1. The number of hydrogen-bond acceptors (Lipinski definition) is 6. The van der Waals surface area contributed by atoms with E-state index in [0.717, 1.165) is 11.4 Å². The van der Waals surface area contributed by atoms with Crippen molar-refractivity contribution in [2.45, 2.75) is 0 Å². The van der Waals surface area contributed by atoms with Crippen LogP contribution >= 0.6 is 23.1 Å². The number of nitrogens with zero attached hydrogens (tertiary/aromatic N) is 4. The number of amidine groups is 1. The molecule has 7 heteroatoms. The summed E-state index contributed by atoms with van der Waals surface area (Å²) in [4.78, 5) is 28.2. The van der Waals surface area contributed by atoms with Crippen molar-refractivity contribution in [2.24, 2.45) is 4.99 Å². The Balaban J connectivity index is 1.77. The number of thiazole rings is 1. The SMILES string of the molecule is O=C1/C(=C/c2ccccn2)S/C(=N/c2nccs2)N1c1ccccc1. The van der Waals surface area contributed by atoms with E-state index >= 15 is 0 Å². The summed E-state index contributed by atoms with van der Waals surface area (Å²) in [5.41, 5.74) is 1.52. The molecular weight excluding hydrogens is 352 g/mol. The molecule has 0 aliphatic carbocycles. The summed E-state index contributed by atoms with van der Waals surface area (Å²) >= 11 is 2.76. The van der Waals surface area contributed by atoms with Gasteiger partial charge in [0.05, 0.1) is 16.3 Å². The minimum atomic E-state index is -0.114. The summed E-state index contributed by atoms with van der Waals surface area (Å²) in [5.74, 6) is -0.114. The van der Waals surface area contributed by atoms with E-state index in [1.165, 1.54) is 23.1 Å². The number of aliphatic imine (C=N–C) groups is 1. The summed E-state index contributed by atoms with van der Waals surface area (Å²) in [6.07, 6.45) is 5.19. The molecule has 1 aliphatic rings. The van der Waals surface area contributed by atoms with Gasteiger partial charge in [-0.3, -0.25) is 14.7 Å². The zero-order valence-corrected chi connectivity index (χ0v) is 14.6. The van der Waals surface area contributed by atoms with Crippen LogP contribution in [-0.2, 0) is 4.79 Å². The topological polar surface area (TPSA) is 58.5 Å². The molecule has 25 heavy (non-hydrogen) atoms. The Labute approximate surface area is 152 Å². The quantitative estimate of drug-likeness (QED) is 0.649. The number of benzene rings is 1. The smallest absolute Gasteiger partial charge is 0.268 e. The van der Waals surface area contributed by atoms with Crippen LogP contribution in [-0.4, -0.2) is 21.0 Å². The minimum absolute atomic E-state index is 0.114. The van der Waals surface area contributed by atoms with Gasteiger partial charge in [0.2, 0.25) is 5.13 Å². The third kappa shape index (κ3) is 3.38. The van der Waals surface area contributed by atoms with Crippen LogP contribution in [0.25, 0.3) is 6.08 Å². The molecule has 0 unspecified atom stereocenters. The number of rotatable bonds is 3. The largest absolute Gasteiger partial charge is 0.271 e. The highest BCUT2D eigenvalue weighted by atomic mass is 32.2. The van der Waals surface area contributed by atoms with Gasteiger partial charge in [-0.05, 0) is 42.1 Å². The molecule has 0 N–H and O–H groups in total. The average Bonchev–Trinajstić information content (AvgIpc) is 3.26. The highest BCUT2D eigenvalue weighted by Gasteiger charge is 2.34. The second-order valence-corrected chi connectivity index (χ2v) is 6.93. The van der Waals surface area contributed by atoms with Crippen molar-refractivity contribution >= 4 is 51.1 Å². The molecule has 5 nitrogen and oxygen atoms in total. The van der Waals surface area contributed by atoms with Gasteiger partial charge in [-0.25, -0.2) is 4.98 Å². The van der Waals surface area contributed by atoms with E-state index in [4.69, 9.17) is 0 Å². The zero-order chi connectivity index (χ0) is 17.1. The Bertz CT molecular complexity index is 938. The van der Waals surface area contributed by atoms with Crippen LogP contribution in [0.5, 0.6) is 0 Å². The fourth-order valence-electron chi connectivity index (χ4n) is 2.30. The fraction of sp³-hybridized carbons (Fsp3) is 0. The summed E-state index contributed by atoms with van der Waals surface area (Å²) < 4.78 is 0. The summed E-state index contributed by atoms with van der Waals surface area (Å²) in [7, 11) is 0. The third-order valence-corrected chi connectivity index (χ3v) is 5.03. The molecule has 4 rings (SSSR count). The van der Waals surface area contributed by atoms with Gasteiger partial charge in [0.15, 0.2) is 5.17 Å². The normalized spacial score (nSPS) is 17.6. The lowest BCUT2D eigenvalue weighted by molar-refractivity contribution is -0.113. The van der Waals surface area contributed by atoms with E-state index in [2.05, 4.69) is 15.0 Å². The summed E-state index contributed by atoms with van der Waals surface area (Å²) in [5, 5.41) is 3.07. The number of carbonyl (C=O) groups excluding carboxylic acids is 1. The van der Waals surface area contributed by atoms with Crippen molar-refractivity contribution < 1.29 is 4.79 Å². The van der Waals surface area contributed by atoms with Gasteiger partial charge in [-0.1, -0.05) is 24.3 Å². The standard InChI is InChI=1S/C18H12N4OS2/c23-16-15(12-13-6-4-5-9-19-13)25-18(21-17-20-10-11-24-17)22(16)14-7-2-1-3-8-14/h1-12H/b15-12-,21-18+. The van der Waals surface area contributed by atoms with E-state index < -0.39 is 0 Å². The van der Waals surface area contributed by atoms with Crippen LogP contribution in [0.4, 0.5) is 10.8 Å². The van der Waals surface area contributed by atoms with Crippen molar-refractivity contribution in [1.29, 1.82) is 0 Å². The first-order valence-corrected chi connectivity index (χ1v) is 9.19. The number of aromatic nitrogens is 2. The molecule has 122 valence electrons. The predicted octanol–water partition coefficient (Wildman–Crippen LogP) is 4.35. The Kier molecular flexibility index (Phi) is 4.41. The molecule has 0 radical (unpaired) electrons. The summed E-state index contributed by atoms with van der Waals surface area (Å²) in [6.45, 7) is 0. The van der Waals surface area contributed by atoms with Crippen molar-refractivity contribution in [3.63, 3.8) is 0 Å². The second kappa shape index (κ2) is 7.00. The second-order valence-electron chi connectivity index (χ2n) is 5.05. The van der Waals surface area contributed by atoms with Crippen LogP contribution in [0, 0.1) is 0 Å². The van der Waals surface area contributed by atoms with Crippen molar-refractivity contribution in [2.75, 3.05) is 4.90 Å². The van der Waals surface area contributed by atoms with Gasteiger partial charge >= 0.3 is 0 Å². The number of para-hydroxylation sites is 1. The van der Waals surface area contributed by atoms with Crippen LogP contribution in [0.1, 0.15) is 5.69 Å². The first kappa shape index (κ1) is 15.7. The number of pyridine rings is 1. The fourth-order valence-corrected chi connectivity index (χ4v) is 3.83. The molecule has 1 saturated heterocycles. The zero-order valence-electron chi connectivity index (χ0n) is 12.9. The molecule has 1 fully saturated rings. The van der Waals surface area contributed by atoms with E-state index in [0.29, 0.717) is 15.2 Å². The maximum absolute atomic E-state index is 13.0. The van der Waals surface area contributed by atoms with Crippen molar-refractivity contribution in [3.05, 3.63) is 76.9 Å². The Morgan fingerprint density at radius 2 is 1.84 bits per heavy atom. The van der Waals surface area contributed by atoms with E-state index in [1.807, 2.05) is 53.9 Å². The first-order chi connectivity index (χ1) is 12.3. The van der Waals surface area contributed by atoms with Gasteiger partial charge in [-0.2, -0.15) is 4.99 Å². The molecule has 1 aliphatic heterocycles. The van der Waals surface area contributed by atoms with Gasteiger partial charge in [-0.15, -0.1) is 11.3 Å². The molecule has 0 bridgehead atoms. The van der Waals surface area contributed by atoms with E-state index in [1.54, 1.807) is 23.4 Å². The molecule has 3 heterocycles. The molecule has 1 aromatic carbocycles.